The van der Waals surface area contributed by atoms with Crippen molar-refractivity contribution >= 4 is 52.3 Å². The molecule has 0 radical (unpaired) electrons. The van der Waals surface area contributed by atoms with Crippen molar-refractivity contribution in [2.24, 2.45) is 0 Å². The van der Waals surface area contributed by atoms with Crippen molar-refractivity contribution in [2.45, 2.75) is 45.8 Å². The maximum absolute atomic E-state index is 13.4. The third-order valence-electron chi connectivity index (χ3n) is 4.86. The molecule has 0 aliphatic carbocycles. The Labute approximate surface area is 185 Å². The minimum Gasteiger partial charge on any atom is -0.332 e. The molecule has 30 heavy (non-hydrogen) atoms. The van der Waals surface area contributed by atoms with Gasteiger partial charge in [0, 0.05) is 17.6 Å². The molecule has 8 heteroatoms. The minimum absolute atomic E-state index is 0.207. The van der Waals surface area contributed by atoms with E-state index in [4.69, 9.17) is 23.2 Å². The molecule has 3 rings (SSSR count). The Hall–Kier alpha value is -2.57. The lowest BCUT2D eigenvalue weighted by atomic mass is 10.1. The normalized spacial score (nSPS) is 14.9. The van der Waals surface area contributed by atoms with Crippen LogP contribution in [0.15, 0.2) is 42.5 Å². The third kappa shape index (κ3) is 4.02. The van der Waals surface area contributed by atoms with E-state index in [0.29, 0.717) is 16.4 Å². The Morgan fingerprint density at radius 1 is 0.867 bits per heavy atom. The maximum Gasteiger partial charge on any atom is 0.259 e. The molecule has 1 aliphatic rings. The van der Waals surface area contributed by atoms with Gasteiger partial charge in [-0.05, 0) is 58.0 Å². The SMILES string of the molecule is CC(C)N1C(=O)C(NC(=O)c2ccc(Cl)c(Cl)c2)C(=O)N(C(C)C)c2ccccc21. The van der Waals surface area contributed by atoms with E-state index in [1.165, 1.54) is 18.2 Å². The van der Waals surface area contributed by atoms with Crippen LogP contribution >= 0.6 is 23.2 Å². The van der Waals surface area contributed by atoms with Gasteiger partial charge in [-0.2, -0.15) is 0 Å². The van der Waals surface area contributed by atoms with Gasteiger partial charge < -0.3 is 15.1 Å². The Kier molecular flexibility index (Phi) is 6.38. The molecular formula is C22H23Cl2N3O3. The Bertz CT molecular complexity index is 960. The van der Waals surface area contributed by atoms with E-state index in [0.717, 1.165) is 0 Å². The molecule has 2 aromatic rings. The molecule has 3 amide bonds. The van der Waals surface area contributed by atoms with Crippen molar-refractivity contribution in [3.8, 4) is 0 Å². The van der Waals surface area contributed by atoms with Crippen LogP contribution in [0.3, 0.4) is 0 Å². The summed E-state index contributed by atoms with van der Waals surface area (Å²) in [5.41, 5.74) is 1.47. The smallest absolute Gasteiger partial charge is 0.259 e. The number of nitrogens with one attached hydrogen (secondary N) is 1. The Morgan fingerprint density at radius 2 is 1.37 bits per heavy atom. The molecule has 158 valence electrons. The molecule has 0 aromatic heterocycles. The molecule has 0 unspecified atom stereocenters. The van der Waals surface area contributed by atoms with Crippen molar-refractivity contribution in [3.05, 3.63) is 58.1 Å². The van der Waals surface area contributed by atoms with Crippen LogP contribution < -0.4 is 15.1 Å². The van der Waals surface area contributed by atoms with Gasteiger partial charge in [0.25, 0.3) is 17.7 Å². The number of anilines is 2. The average Bonchev–Trinajstić information content (AvgIpc) is 2.77. The Morgan fingerprint density at radius 3 is 1.80 bits per heavy atom. The highest BCUT2D eigenvalue weighted by Gasteiger charge is 2.42. The largest absolute Gasteiger partial charge is 0.332 e. The number of nitrogens with zero attached hydrogens (tertiary/aromatic N) is 2. The van der Waals surface area contributed by atoms with E-state index in [1.54, 1.807) is 21.9 Å². The van der Waals surface area contributed by atoms with Crippen molar-refractivity contribution in [1.82, 2.24) is 5.32 Å². The second kappa shape index (κ2) is 8.66. The molecule has 0 bridgehead atoms. The first-order chi connectivity index (χ1) is 14.1. The number of benzene rings is 2. The molecule has 0 atom stereocenters. The zero-order valence-electron chi connectivity index (χ0n) is 17.1. The summed E-state index contributed by atoms with van der Waals surface area (Å²) in [5.74, 6) is -1.56. The highest BCUT2D eigenvalue weighted by Crippen LogP contribution is 2.35. The van der Waals surface area contributed by atoms with Gasteiger partial charge in [0.1, 0.15) is 0 Å². The van der Waals surface area contributed by atoms with Crippen molar-refractivity contribution in [3.63, 3.8) is 0 Å². The number of halogens is 2. The maximum atomic E-state index is 13.4. The fourth-order valence-electron chi connectivity index (χ4n) is 3.53. The van der Waals surface area contributed by atoms with E-state index >= 15 is 0 Å². The summed E-state index contributed by atoms with van der Waals surface area (Å²) < 4.78 is 0. The first kappa shape index (κ1) is 22.1. The van der Waals surface area contributed by atoms with Crippen LogP contribution in [0.4, 0.5) is 11.4 Å². The zero-order chi connectivity index (χ0) is 22.2. The van der Waals surface area contributed by atoms with Crippen LogP contribution in [0.25, 0.3) is 0 Å². The van der Waals surface area contributed by atoms with Gasteiger partial charge in [-0.15, -0.1) is 0 Å². The van der Waals surface area contributed by atoms with Gasteiger partial charge in [-0.1, -0.05) is 35.3 Å². The van der Waals surface area contributed by atoms with Gasteiger partial charge in [-0.25, -0.2) is 0 Å². The number of hydrogen-bond acceptors (Lipinski definition) is 3. The van der Waals surface area contributed by atoms with Crippen LogP contribution in [0, 0.1) is 0 Å². The minimum atomic E-state index is -1.37. The molecule has 1 heterocycles. The number of carbonyl (C=O) groups is 3. The van der Waals surface area contributed by atoms with Crippen molar-refractivity contribution in [2.75, 3.05) is 9.80 Å². The summed E-state index contributed by atoms with van der Waals surface area (Å²) in [4.78, 5) is 42.8. The summed E-state index contributed by atoms with van der Waals surface area (Å²) >= 11 is 11.9. The van der Waals surface area contributed by atoms with E-state index < -0.39 is 23.8 Å². The lowest BCUT2D eigenvalue weighted by molar-refractivity contribution is -0.129. The monoisotopic (exact) mass is 447 g/mol. The quantitative estimate of drug-likeness (QED) is 0.710. The van der Waals surface area contributed by atoms with Crippen LogP contribution in [-0.2, 0) is 9.59 Å². The summed E-state index contributed by atoms with van der Waals surface area (Å²) in [6.07, 6.45) is 0. The molecule has 1 aliphatic heterocycles. The molecular weight excluding hydrogens is 425 g/mol. The van der Waals surface area contributed by atoms with Gasteiger partial charge in [0.2, 0.25) is 0 Å². The summed E-state index contributed by atoms with van der Waals surface area (Å²) in [7, 11) is 0. The van der Waals surface area contributed by atoms with E-state index in [1.807, 2.05) is 39.8 Å². The molecule has 0 fully saturated rings. The standard InChI is InChI=1S/C22H23Cl2N3O3/c1-12(2)26-17-7-5-6-8-18(17)27(13(3)4)22(30)19(21(26)29)25-20(28)14-9-10-15(23)16(24)11-14/h5-13,19H,1-4H3,(H,25,28). The highest BCUT2D eigenvalue weighted by molar-refractivity contribution is 6.42. The predicted octanol–water partition coefficient (Wildman–Crippen LogP) is 4.29. The summed E-state index contributed by atoms with van der Waals surface area (Å²) in [5, 5.41) is 3.12. The molecule has 0 saturated heterocycles. The number of rotatable bonds is 4. The van der Waals surface area contributed by atoms with Crippen LogP contribution in [-0.4, -0.2) is 35.8 Å². The van der Waals surface area contributed by atoms with Crippen molar-refractivity contribution in [1.29, 1.82) is 0 Å². The number of fused-ring (bicyclic) bond motifs is 1. The topological polar surface area (TPSA) is 69.7 Å². The van der Waals surface area contributed by atoms with Gasteiger partial charge in [0.05, 0.1) is 21.4 Å². The number of amides is 3. The number of para-hydroxylation sites is 2. The van der Waals surface area contributed by atoms with E-state index in [-0.39, 0.29) is 22.7 Å². The third-order valence-corrected chi connectivity index (χ3v) is 5.60. The van der Waals surface area contributed by atoms with E-state index in [9.17, 15) is 14.4 Å². The van der Waals surface area contributed by atoms with Crippen LogP contribution in [0.1, 0.15) is 38.1 Å². The number of hydrogen-bond donors (Lipinski definition) is 1. The highest BCUT2D eigenvalue weighted by atomic mass is 35.5. The summed E-state index contributed by atoms with van der Waals surface area (Å²) in [6.45, 7) is 7.45. The zero-order valence-corrected chi connectivity index (χ0v) is 18.7. The number of carbonyl (C=O) groups excluding carboxylic acids is 3. The van der Waals surface area contributed by atoms with Crippen LogP contribution in [0.5, 0.6) is 0 Å². The van der Waals surface area contributed by atoms with Crippen molar-refractivity contribution < 1.29 is 14.4 Å². The molecule has 2 aromatic carbocycles. The second-order valence-corrected chi connectivity index (χ2v) is 8.44. The van der Waals surface area contributed by atoms with E-state index in [2.05, 4.69) is 5.32 Å². The lowest BCUT2D eigenvalue weighted by Gasteiger charge is -2.29. The fraction of sp³-hybridized carbons (Fsp3) is 0.318. The van der Waals surface area contributed by atoms with Crippen LogP contribution in [0.2, 0.25) is 10.0 Å². The first-order valence-electron chi connectivity index (χ1n) is 9.64. The predicted molar refractivity (Wildman–Crippen MR) is 119 cm³/mol. The molecule has 0 saturated carbocycles. The molecule has 0 spiro atoms. The Balaban J connectivity index is 2.06. The molecule has 6 nitrogen and oxygen atoms in total. The lowest BCUT2D eigenvalue weighted by Crippen LogP contribution is -2.57. The molecule has 1 N–H and O–H groups in total. The van der Waals surface area contributed by atoms with Gasteiger partial charge in [-0.3, -0.25) is 14.4 Å². The average molecular weight is 448 g/mol. The van der Waals surface area contributed by atoms with Gasteiger partial charge >= 0.3 is 0 Å². The first-order valence-corrected chi connectivity index (χ1v) is 10.4. The second-order valence-electron chi connectivity index (χ2n) is 7.63. The van der Waals surface area contributed by atoms with Gasteiger partial charge in [0.15, 0.2) is 6.04 Å². The summed E-state index contributed by atoms with van der Waals surface area (Å²) in [6, 6.07) is 9.82. The fourth-order valence-corrected chi connectivity index (χ4v) is 3.83.